The lowest BCUT2D eigenvalue weighted by Crippen LogP contribution is -2.25. The summed E-state index contributed by atoms with van der Waals surface area (Å²) in [5.41, 5.74) is 0.0733. The van der Waals surface area contributed by atoms with Gasteiger partial charge in [-0.05, 0) is 38.5 Å². The van der Waals surface area contributed by atoms with Crippen molar-refractivity contribution in [2.45, 2.75) is 26.4 Å². The van der Waals surface area contributed by atoms with Gasteiger partial charge in [0.15, 0.2) is 17.2 Å². The van der Waals surface area contributed by atoms with E-state index in [0.717, 1.165) is 5.56 Å². The summed E-state index contributed by atoms with van der Waals surface area (Å²) in [4.78, 5) is 0. The highest BCUT2D eigenvalue weighted by Crippen LogP contribution is 2.22. The Balaban J connectivity index is 2.94. The third kappa shape index (κ3) is 2.50. The Morgan fingerprint density at radius 1 is 1.43 bits per heavy atom. The van der Waals surface area contributed by atoms with E-state index in [4.69, 9.17) is 11.2 Å². The van der Waals surface area contributed by atoms with Gasteiger partial charge in [0.2, 0.25) is 0 Å². The lowest BCUT2D eigenvalue weighted by atomic mass is 10.1. The zero-order chi connectivity index (χ0) is 10.8. The fraction of sp³-hybridized carbons (Fsp3) is 0.333. The number of hydrogen-bond acceptors (Lipinski definition) is 1. The van der Waals surface area contributed by atoms with Gasteiger partial charge in [-0.1, -0.05) is 12.0 Å². The van der Waals surface area contributed by atoms with Crippen LogP contribution in [-0.4, -0.2) is 5.60 Å². The van der Waals surface area contributed by atoms with E-state index in [1.165, 1.54) is 6.07 Å². The molecule has 0 aliphatic heterocycles. The first-order valence-corrected chi connectivity index (χ1v) is 4.37. The fourth-order valence-corrected chi connectivity index (χ4v) is 0.993. The minimum atomic E-state index is -0.782. The average Bonchev–Trinajstić information content (AvgIpc) is 2.10. The van der Waals surface area contributed by atoms with Crippen LogP contribution in [0.3, 0.4) is 0 Å². The van der Waals surface area contributed by atoms with Crippen molar-refractivity contribution in [3.63, 3.8) is 0 Å². The lowest BCUT2D eigenvalue weighted by molar-refractivity contribution is 0.164. The van der Waals surface area contributed by atoms with Gasteiger partial charge in [-0.15, -0.1) is 6.42 Å². The topological polar surface area (TPSA) is 9.23 Å². The number of halogens is 1. The van der Waals surface area contributed by atoms with Crippen molar-refractivity contribution < 1.29 is 9.13 Å². The van der Waals surface area contributed by atoms with Crippen molar-refractivity contribution in [1.29, 1.82) is 0 Å². The smallest absolute Gasteiger partial charge is 0.165 e. The molecule has 74 valence electrons. The molecule has 14 heavy (non-hydrogen) atoms. The third-order valence-corrected chi connectivity index (χ3v) is 1.80. The number of aryl methyl sites for hydroxylation is 1. The van der Waals surface area contributed by atoms with Gasteiger partial charge in [0.05, 0.1) is 0 Å². The maximum Gasteiger partial charge on any atom is 0.165 e. The normalized spacial score (nSPS) is 10.8. The largest absolute Gasteiger partial charge is 0.472 e. The molecule has 0 bridgehead atoms. The standard InChI is InChI=1S/C12H13FO/c1-5-12(3,4)14-11-7-6-9(2)8-10(11)13/h1,6-8H,2-4H3. The summed E-state index contributed by atoms with van der Waals surface area (Å²) in [5.74, 6) is 2.25. The molecule has 1 aromatic rings. The van der Waals surface area contributed by atoms with Gasteiger partial charge in [-0.3, -0.25) is 0 Å². The first-order chi connectivity index (χ1) is 6.44. The molecule has 0 aliphatic carbocycles. The van der Waals surface area contributed by atoms with Crippen LogP contribution >= 0.6 is 0 Å². The fourth-order valence-electron chi connectivity index (χ4n) is 0.993. The van der Waals surface area contributed by atoms with Gasteiger partial charge in [0.1, 0.15) is 0 Å². The van der Waals surface area contributed by atoms with E-state index >= 15 is 0 Å². The van der Waals surface area contributed by atoms with Crippen molar-refractivity contribution in [2.75, 3.05) is 0 Å². The minimum absolute atomic E-state index is 0.193. The first-order valence-electron chi connectivity index (χ1n) is 4.37. The molecule has 0 aromatic heterocycles. The molecule has 0 atom stereocenters. The molecule has 0 heterocycles. The summed E-state index contributed by atoms with van der Waals surface area (Å²) in [6.07, 6.45) is 5.24. The van der Waals surface area contributed by atoms with Crippen molar-refractivity contribution in [3.8, 4) is 18.1 Å². The van der Waals surface area contributed by atoms with E-state index in [1.54, 1.807) is 26.0 Å². The molecule has 2 heteroatoms. The Kier molecular flexibility index (Phi) is 2.81. The van der Waals surface area contributed by atoms with Gasteiger partial charge in [0.25, 0.3) is 0 Å². The molecule has 0 unspecified atom stereocenters. The Bertz CT molecular complexity index is 374. The highest BCUT2D eigenvalue weighted by atomic mass is 19.1. The van der Waals surface area contributed by atoms with Crippen LogP contribution in [0.15, 0.2) is 18.2 Å². The van der Waals surface area contributed by atoms with Crippen LogP contribution in [0, 0.1) is 25.1 Å². The summed E-state index contributed by atoms with van der Waals surface area (Å²) >= 11 is 0. The zero-order valence-electron chi connectivity index (χ0n) is 8.60. The van der Waals surface area contributed by atoms with E-state index in [9.17, 15) is 4.39 Å². The molecular weight excluding hydrogens is 179 g/mol. The van der Waals surface area contributed by atoms with E-state index in [2.05, 4.69) is 5.92 Å². The predicted molar refractivity (Wildman–Crippen MR) is 54.7 cm³/mol. The SMILES string of the molecule is C#CC(C)(C)Oc1ccc(C)cc1F. The molecule has 0 fully saturated rings. The van der Waals surface area contributed by atoms with Gasteiger partial charge >= 0.3 is 0 Å². The van der Waals surface area contributed by atoms with Gasteiger partial charge < -0.3 is 4.74 Å². The van der Waals surface area contributed by atoms with Crippen LogP contribution in [0.5, 0.6) is 5.75 Å². The van der Waals surface area contributed by atoms with E-state index in [0.29, 0.717) is 0 Å². The molecule has 1 aromatic carbocycles. The summed E-state index contributed by atoms with van der Waals surface area (Å²) < 4.78 is 18.6. The van der Waals surface area contributed by atoms with E-state index in [-0.39, 0.29) is 11.6 Å². The van der Waals surface area contributed by atoms with Crippen LogP contribution in [0.2, 0.25) is 0 Å². The molecule has 0 aliphatic rings. The predicted octanol–water partition coefficient (Wildman–Crippen LogP) is 2.92. The highest BCUT2D eigenvalue weighted by Gasteiger charge is 2.17. The summed E-state index contributed by atoms with van der Waals surface area (Å²) in [6, 6.07) is 4.79. The Hall–Kier alpha value is -1.49. The number of terminal acetylenes is 1. The third-order valence-electron chi connectivity index (χ3n) is 1.80. The van der Waals surface area contributed by atoms with Crippen LogP contribution in [-0.2, 0) is 0 Å². The molecule has 0 N–H and O–H groups in total. The maximum absolute atomic E-state index is 13.3. The van der Waals surface area contributed by atoms with Crippen molar-refractivity contribution >= 4 is 0 Å². The van der Waals surface area contributed by atoms with Crippen LogP contribution in [0.4, 0.5) is 4.39 Å². The van der Waals surface area contributed by atoms with Crippen molar-refractivity contribution in [1.82, 2.24) is 0 Å². The summed E-state index contributed by atoms with van der Waals surface area (Å²) in [6.45, 7) is 5.25. The molecule has 0 saturated heterocycles. The molecule has 0 radical (unpaired) electrons. The van der Waals surface area contributed by atoms with Gasteiger partial charge in [-0.2, -0.15) is 0 Å². The lowest BCUT2D eigenvalue weighted by Gasteiger charge is -2.20. The van der Waals surface area contributed by atoms with E-state index in [1.807, 2.05) is 6.92 Å². The Labute approximate surface area is 83.9 Å². The summed E-state index contributed by atoms with van der Waals surface area (Å²) in [7, 11) is 0. The zero-order valence-corrected chi connectivity index (χ0v) is 8.60. The van der Waals surface area contributed by atoms with Crippen molar-refractivity contribution in [2.24, 2.45) is 0 Å². The maximum atomic E-state index is 13.3. The number of benzene rings is 1. The Morgan fingerprint density at radius 3 is 2.57 bits per heavy atom. The van der Waals surface area contributed by atoms with Crippen LogP contribution < -0.4 is 4.74 Å². The van der Waals surface area contributed by atoms with Crippen molar-refractivity contribution in [3.05, 3.63) is 29.6 Å². The minimum Gasteiger partial charge on any atom is -0.472 e. The van der Waals surface area contributed by atoms with Gasteiger partial charge in [-0.25, -0.2) is 4.39 Å². The average molecular weight is 192 g/mol. The molecule has 1 rings (SSSR count). The molecule has 1 nitrogen and oxygen atoms in total. The first kappa shape index (κ1) is 10.6. The van der Waals surface area contributed by atoms with Crippen LogP contribution in [0.25, 0.3) is 0 Å². The van der Waals surface area contributed by atoms with E-state index < -0.39 is 5.60 Å². The monoisotopic (exact) mass is 192 g/mol. The number of rotatable bonds is 2. The second-order valence-corrected chi connectivity index (χ2v) is 3.69. The highest BCUT2D eigenvalue weighted by molar-refractivity contribution is 5.30. The van der Waals surface area contributed by atoms with Crippen LogP contribution in [0.1, 0.15) is 19.4 Å². The quantitative estimate of drug-likeness (QED) is 0.654. The molecule has 0 spiro atoms. The van der Waals surface area contributed by atoms with Gasteiger partial charge in [0, 0.05) is 0 Å². The number of ether oxygens (including phenoxy) is 1. The summed E-state index contributed by atoms with van der Waals surface area (Å²) in [5, 5.41) is 0. The second kappa shape index (κ2) is 3.71. The number of hydrogen-bond donors (Lipinski definition) is 0. The molecule has 0 amide bonds. The Morgan fingerprint density at radius 2 is 2.07 bits per heavy atom. The molecule has 0 saturated carbocycles. The molecular formula is C12H13FO. The second-order valence-electron chi connectivity index (χ2n) is 3.69.